The van der Waals surface area contributed by atoms with Crippen molar-refractivity contribution >= 4 is 18.6 Å². The summed E-state index contributed by atoms with van der Waals surface area (Å²) in [5, 5.41) is 0. The third kappa shape index (κ3) is 5.15. The monoisotopic (exact) mass is 549 g/mol. The van der Waals surface area contributed by atoms with Gasteiger partial charge in [0, 0.05) is 23.7 Å². The zero-order valence-electron chi connectivity index (χ0n) is 23.0. The first kappa shape index (κ1) is 27.9. The first-order valence-electron chi connectivity index (χ1n) is 13.0. The average molecular weight is 549 g/mol. The predicted molar refractivity (Wildman–Crippen MR) is 135 cm³/mol. The van der Waals surface area contributed by atoms with Gasteiger partial charge in [-0.15, -0.1) is 0 Å². The third-order valence-corrected chi connectivity index (χ3v) is 8.07. The Kier molecular flexibility index (Phi) is 6.38. The predicted octanol–water partition coefficient (Wildman–Crippen LogP) is 5.35. The van der Waals surface area contributed by atoms with Crippen molar-refractivity contribution in [3.8, 4) is 5.88 Å². The maximum absolute atomic E-state index is 14.8. The summed E-state index contributed by atoms with van der Waals surface area (Å²) in [6, 6.07) is 3.29. The van der Waals surface area contributed by atoms with Gasteiger partial charge in [-0.2, -0.15) is 13.2 Å². The molecule has 6 nitrogen and oxygen atoms in total. The fourth-order valence-electron chi connectivity index (χ4n) is 5.35. The van der Waals surface area contributed by atoms with Crippen LogP contribution in [0.1, 0.15) is 76.6 Å². The van der Waals surface area contributed by atoms with Crippen molar-refractivity contribution < 1.29 is 41.1 Å². The highest BCUT2D eigenvalue weighted by molar-refractivity contribution is 6.62. The molecule has 5 rings (SSSR count). The minimum absolute atomic E-state index is 0.0613. The van der Waals surface area contributed by atoms with E-state index in [1.165, 1.54) is 0 Å². The Morgan fingerprint density at radius 2 is 1.74 bits per heavy atom. The van der Waals surface area contributed by atoms with Crippen molar-refractivity contribution in [3.05, 3.63) is 52.5 Å². The Bertz CT molecular complexity index is 1300. The summed E-state index contributed by atoms with van der Waals surface area (Å²) in [4.78, 5) is 16.8. The Labute approximate surface area is 225 Å². The lowest BCUT2D eigenvalue weighted by molar-refractivity contribution is -0.157. The van der Waals surface area contributed by atoms with Gasteiger partial charge in [-0.1, -0.05) is 6.07 Å². The molecule has 1 saturated heterocycles. The first-order chi connectivity index (χ1) is 17.9. The first-order valence-corrected chi connectivity index (χ1v) is 13.0. The number of rotatable bonds is 5. The van der Waals surface area contributed by atoms with Crippen LogP contribution in [-0.4, -0.2) is 34.9 Å². The van der Waals surface area contributed by atoms with Crippen LogP contribution < -0.4 is 10.2 Å². The molecule has 11 heteroatoms. The van der Waals surface area contributed by atoms with E-state index in [9.17, 15) is 22.4 Å². The Hall–Kier alpha value is -2.66. The van der Waals surface area contributed by atoms with E-state index in [2.05, 4.69) is 4.98 Å². The normalized spacial score (nSPS) is 24.8. The molecule has 3 aliphatic rings. The third-order valence-electron chi connectivity index (χ3n) is 8.07. The summed E-state index contributed by atoms with van der Waals surface area (Å²) < 4.78 is 79.2. The van der Waals surface area contributed by atoms with E-state index < -0.39 is 41.5 Å². The maximum atomic E-state index is 14.8. The molecule has 0 bridgehead atoms. The molecule has 3 atom stereocenters. The van der Waals surface area contributed by atoms with Gasteiger partial charge in [0.1, 0.15) is 18.0 Å². The van der Waals surface area contributed by atoms with Crippen LogP contribution in [0.3, 0.4) is 0 Å². The second-order valence-corrected chi connectivity index (χ2v) is 12.6. The molecule has 1 aliphatic heterocycles. The number of benzene rings is 1. The molecule has 0 radical (unpaired) electrons. The fourth-order valence-corrected chi connectivity index (χ4v) is 5.35. The van der Waals surface area contributed by atoms with Crippen LogP contribution in [0.2, 0.25) is 0 Å². The van der Waals surface area contributed by atoms with Crippen molar-refractivity contribution in [1.82, 2.24) is 4.98 Å². The molecule has 2 fully saturated rings. The molecule has 1 aromatic heterocycles. The van der Waals surface area contributed by atoms with Gasteiger partial charge in [-0.3, -0.25) is 4.79 Å². The quantitative estimate of drug-likeness (QED) is 0.285. The number of pyridine rings is 1. The zero-order chi connectivity index (χ0) is 28.7. The van der Waals surface area contributed by atoms with Crippen molar-refractivity contribution in [3.63, 3.8) is 0 Å². The summed E-state index contributed by atoms with van der Waals surface area (Å²) in [6.07, 6.45) is -2.49. The number of carbonyl (C=O) groups excluding carboxylic acids is 1. The maximum Gasteiger partial charge on any atom is 0.495 e. The minimum atomic E-state index is -4.81. The Balaban J connectivity index is 1.33. The molecule has 1 aromatic carbocycles. The molecule has 3 unspecified atom stereocenters. The van der Waals surface area contributed by atoms with Crippen LogP contribution in [0.5, 0.6) is 5.88 Å². The van der Waals surface area contributed by atoms with Gasteiger partial charge in [0.05, 0.1) is 22.7 Å². The van der Waals surface area contributed by atoms with Crippen molar-refractivity contribution in [2.75, 3.05) is 0 Å². The SMILES string of the molecule is CC(C)(C)OC(=O)C1C2Cc3cc(OCc4cc(B5OC(C)(C)C(C)(C)O5)c(C(F)(F)F)cc4F)ncc3C21. The second kappa shape index (κ2) is 8.93. The van der Waals surface area contributed by atoms with Crippen LogP contribution in [0.25, 0.3) is 0 Å². The lowest BCUT2D eigenvalue weighted by Crippen LogP contribution is -2.41. The van der Waals surface area contributed by atoms with E-state index in [1.54, 1.807) is 40.0 Å². The summed E-state index contributed by atoms with van der Waals surface area (Å²) >= 11 is 0. The van der Waals surface area contributed by atoms with Crippen molar-refractivity contribution in [2.45, 2.75) is 90.4 Å². The largest absolute Gasteiger partial charge is 0.495 e. The number of hydrogen-bond donors (Lipinski definition) is 0. The molecule has 210 valence electrons. The lowest BCUT2D eigenvalue weighted by atomic mass is 9.75. The molecule has 2 heterocycles. The summed E-state index contributed by atoms with van der Waals surface area (Å²) in [5.41, 5.74) is -1.89. The van der Waals surface area contributed by atoms with Crippen molar-refractivity contribution in [1.29, 1.82) is 0 Å². The van der Waals surface area contributed by atoms with Crippen LogP contribution in [0.4, 0.5) is 17.6 Å². The van der Waals surface area contributed by atoms with E-state index in [0.717, 1.165) is 17.2 Å². The van der Waals surface area contributed by atoms with Gasteiger partial charge in [0.2, 0.25) is 5.88 Å². The fraction of sp³-hybridized carbons (Fsp3) is 0.571. The number of alkyl halides is 3. The Morgan fingerprint density at radius 1 is 1.10 bits per heavy atom. The second-order valence-electron chi connectivity index (χ2n) is 12.6. The molecule has 39 heavy (non-hydrogen) atoms. The number of fused-ring (bicyclic) bond motifs is 3. The topological polar surface area (TPSA) is 66.9 Å². The van der Waals surface area contributed by atoms with E-state index in [1.807, 2.05) is 20.8 Å². The molecule has 1 saturated carbocycles. The number of hydrogen-bond acceptors (Lipinski definition) is 6. The lowest BCUT2D eigenvalue weighted by Gasteiger charge is -2.32. The van der Waals surface area contributed by atoms with Crippen LogP contribution >= 0.6 is 0 Å². The van der Waals surface area contributed by atoms with E-state index in [0.29, 0.717) is 12.5 Å². The highest BCUT2D eigenvalue weighted by Gasteiger charge is 2.61. The minimum Gasteiger partial charge on any atom is -0.473 e. The number of nitrogens with zero attached hydrogens (tertiary/aromatic N) is 1. The smallest absolute Gasteiger partial charge is 0.473 e. The van der Waals surface area contributed by atoms with Gasteiger partial charge in [0.15, 0.2) is 0 Å². The van der Waals surface area contributed by atoms with Crippen LogP contribution in [0.15, 0.2) is 24.4 Å². The van der Waals surface area contributed by atoms with E-state index >= 15 is 0 Å². The molecular formula is C28H32BF4NO5. The molecule has 0 amide bonds. The standard InChI is InChI=1S/C28H32BF4NO5/c1-25(2,3)37-24(35)23-16-8-14-10-21(34-12-17(14)22(16)23)36-13-15-9-19(18(11-20(15)30)28(31,32)33)29-38-26(4,5)27(6,7)39-29/h9-12,16,22-23H,8,13H2,1-7H3. The average Bonchev–Trinajstić information content (AvgIpc) is 3.29. The van der Waals surface area contributed by atoms with Gasteiger partial charge in [-0.05, 0) is 83.5 Å². The molecule has 2 aliphatic carbocycles. The van der Waals surface area contributed by atoms with E-state index in [4.69, 9.17) is 18.8 Å². The van der Waals surface area contributed by atoms with Gasteiger partial charge in [-0.25, -0.2) is 9.37 Å². The highest BCUT2D eigenvalue weighted by atomic mass is 19.4. The number of esters is 1. The summed E-state index contributed by atoms with van der Waals surface area (Å²) in [7, 11) is -1.33. The molecule has 0 N–H and O–H groups in total. The summed E-state index contributed by atoms with van der Waals surface area (Å²) in [5.74, 6) is -1.00. The van der Waals surface area contributed by atoms with Crippen LogP contribution in [0, 0.1) is 17.7 Å². The van der Waals surface area contributed by atoms with Gasteiger partial charge >= 0.3 is 19.3 Å². The Morgan fingerprint density at radius 3 is 2.33 bits per heavy atom. The number of carbonyl (C=O) groups is 1. The zero-order valence-corrected chi connectivity index (χ0v) is 23.0. The molecular weight excluding hydrogens is 517 g/mol. The molecule has 2 aromatic rings. The van der Waals surface area contributed by atoms with E-state index in [-0.39, 0.29) is 47.2 Å². The van der Waals surface area contributed by atoms with Gasteiger partial charge in [0.25, 0.3) is 0 Å². The number of halogens is 4. The summed E-state index contributed by atoms with van der Waals surface area (Å²) in [6.45, 7) is 12.1. The highest BCUT2D eigenvalue weighted by Crippen LogP contribution is 2.62. The molecule has 0 spiro atoms. The van der Waals surface area contributed by atoms with Crippen molar-refractivity contribution in [2.24, 2.45) is 11.8 Å². The number of aromatic nitrogens is 1. The van der Waals surface area contributed by atoms with Crippen LogP contribution in [-0.2, 0) is 38.0 Å². The number of ether oxygens (including phenoxy) is 2. The van der Waals surface area contributed by atoms with Gasteiger partial charge < -0.3 is 18.8 Å².